The van der Waals surface area contributed by atoms with Gasteiger partial charge in [-0.25, -0.2) is 0 Å². The van der Waals surface area contributed by atoms with E-state index < -0.39 is 6.10 Å². The minimum atomic E-state index is -0.498. The van der Waals surface area contributed by atoms with Crippen LogP contribution in [-0.2, 0) is 13.6 Å². The predicted octanol–water partition coefficient (Wildman–Crippen LogP) is 3.23. The third-order valence-corrected chi connectivity index (χ3v) is 4.81. The van der Waals surface area contributed by atoms with Crippen LogP contribution in [0.5, 0.6) is 0 Å². The first-order chi connectivity index (χ1) is 10.5. The molecule has 1 aromatic heterocycles. The highest BCUT2D eigenvalue weighted by Crippen LogP contribution is 2.41. The van der Waals surface area contributed by atoms with E-state index in [1.165, 1.54) is 24.1 Å². The summed E-state index contributed by atoms with van der Waals surface area (Å²) in [5.41, 5.74) is 3.46. The van der Waals surface area contributed by atoms with Crippen LogP contribution in [0.15, 0.2) is 34.9 Å². The number of benzene rings is 1. The van der Waals surface area contributed by atoms with Gasteiger partial charge in [0.15, 0.2) is 0 Å². The van der Waals surface area contributed by atoms with E-state index in [-0.39, 0.29) is 0 Å². The first-order valence-electron chi connectivity index (χ1n) is 7.68. The molecule has 2 aromatic rings. The van der Waals surface area contributed by atoms with Gasteiger partial charge in [0.25, 0.3) is 0 Å². The zero-order valence-corrected chi connectivity index (χ0v) is 14.6. The first-order valence-corrected chi connectivity index (χ1v) is 8.47. The third kappa shape index (κ3) is 3.59. The molecule has 0 radical (unpaired) electrons. The van der Waals surface area contributed by atoms with Gasteiger partial charge in [-0.1, -0.05) is 34.1 Å². The summed E-state index contributed by atoms with van der Waals surface area (Å²) in [5, 5.41) is 15.1. The van der Waals surface area contributed by atoms with Crippen molar-refractivity contribution in [2.45, 2.75) is 31.4 Å². The Hall–Kier alpha value is -1.17. The molecular formula is C17H22BrN3O. The number of nitrogens with zero attached hydrogens (tertiary/aromatic N) is 3. The number of aromatic nitrogens is 2. The fourth-order valence-corrected chi connectivity index (χ4v) is 3.42. The second-order valence-corrected chi connectivity index (χ2v) is 7.08. The molecule has 22 heavy (non-hydrogen) atoms. The molecule has 1 unspecified atom stereocenters. The average molecular weight is 364 g/mol. The molecule has 5 heteroatoms. The van der Waals surface area contributed by atoms with Crippen molar-refractivity contribution < 1.29 is 5.11 Å². The van der Waals surface area contributed by atoms with Gasteiger partial charge in [-0.3, -0.25) is 9.58 Å². The Kier molecular flexibility index (Phi) is 4.66. The lowest BCUT2D eigenvalue weighted by Crippen LogP contribution is -2.24. The van der Waals surface area contributed by atoms with Gasteiger partial charge in [0.1, 0.15) is 0 Å². The summed E-state index contributed by atoms with van der Waals surface area (Å²) < 4.78 is 2.86. The number of hydrogen-bond donors (Lipinski definition) is 1. The van der Waals surface area contributed by atoms with E-state index in [4.69, 9.17) is 0 Å². The fourth-order valence-electron chi connectivity index (χ4n) is 2.87. The monoisotopic (exact) mass is 363 g/mol. The minimum absolute atomic E-state index is 0.498. The number of likely N-dealkylation sites (N-methyl/N-ethyl adjacent to an activating group) is 1. The number of aryl methyl sites for hydroxylation is 1. The molecule has 0 spiro atoms. The van der Waals surface area contributed by atoms with Gasteiger partial charge in [0.2, 0.25) is 0 Å². The van der Waals surface area contributed by atoms with E-state index in [1.807, 2.05) is 43.0 Å². The summed E-state index contributed by atoms with van der Waals surface area (Å²) >= 11 is 3.50. The highest BCUT2D eigenvalue weighted by atomic mass is 79.9. The fraction of sp³-hybridized carbons (Fsp3) is 0.471. The van der Waals surface area contributed by atoms with Crippen LogP contribution in [0.2, 0.25) is 0 Å². The van der Waals surface area contributed by atoms with Crippen LogP contribution >= 0.6 is 15.9 Å². The van der Waals surface area contributed by atoms with E-state index >= 15 is 0 Å². The molecule has 118 valence electrons. The smallest absolute Gasteiger partial charge is 0.0927 e. The third-order valence-electron chi connectivity index (χ3n) is 4.09. The van der Waals surface area contributed by atoms with Crippen LogP contribution in [0.3, 0.4) is 0 Å². The maximum Gasteiger partial charge on any atom is 0.0927 e. The van der Waals surface area contributed by atoms with Crippen LogP contribution in [0, 0.1) is 0 Å². The summed E-state index contributed by atoms with van der Waals surface area (Å²) in [4.78, 5) is 2.16. The largest absolute Gasteiger partial charge is 0.387 e. The Labute approximate surface area is 139 Å². The van der Waals surface area contributed by atoms with Crippen LogP contribution in [0.1, 0.15) is 41.7 Å². The maximum atomic E-state index is 10.5. The van der Waals surface area contributed by atoms with Crippen molar-refractivity contribution in [1.29, 1.82) is 0 Å². The summed E-state index contributed by atoms with van der Waals surface area (Å²) in [6.07, 6.45) is 4.12. The zero-order valence-electron chi connectivity index (χ0n) is 13.0. The molecule has 1 fully saturated rings. The van der Waals surface area contributed by atoms with E-state index in [1.54, 1.807) is 0 Å². The molecule has 1 aliphatic rings. The van der Waals surface area contributed by atoms with Crippen LogP contribution in [0.25, 0.3) is 0 Å². The standard InChI is InChI=1S/C17H22BrN3O/c1-20(11-16(22)14-5-3-4-6-15(14)18)9-13-10-21(2)19-17(13)12-7-8-12/h3-6,10,12,16,22H,7-9,11H2,1-2H3. The van der Waals surface area contributed by atoms with Gasteiger partial charge in [0.05, 0.1) is 11.8 Å². The van der Waals surface area contributed by atoms with Crippen molar-refractivity contribution in [3.05, 3.63) is 51.8 Å². The highest BCUT2D eigenvalue weighted by molar-refractivity contribution is 9.10. The maximum absolute atomic E-state index is 10.5. The summed E-state index contributed by atoms with van der Waals surface area (Å²) in [7, 11) is 4.02. The summed E-state index contributed by atoms with van der Waals surface area (Å²) in [6, 6.07) is 7.84. The Morgan fingerprint density at radius 1 is 1.41 bits per heavy atom. The first kappa shape index (κ1) is 15.7. The van der Waals surface area contributed by atoms with E-state index in [0.29, 0.717) is 12.5 Å². The molecule has 4 nitrogen and oxygen atoms in total. The Morgan fingerprint density at radius 3 is 2.82 bits per heavy atom. The molecule has 3 rings (SSSR count). The average Bonchev–Trinajstić information content (AvgIpc) is 3.23. The van der Waals surface area contributed by atoms with Gasteiger partial charge in [-0.2, -0.15) is 5.10 Å². The van der Waals surface area contributed by atoms with E-state index in [9.17, 15) is 5.11 Å². The van der Waals surface area contributed by atoms with Crippen LogP contribution in [0.4, 0.5) is 0 Å². The van der Waals surface area contributed by atoms with Crippen LogP contribution < -0.4 is 0 Å². The lowest BCUT2D eigenvalue weighted by atomic mass is 10.1. The SMILES string of the molecule is CN(Cc1cn(C)nc1C1CC1)CC(O)c1ccccc1Br. The van der Waals surface area contributed by atoms with Gasteiger partial charge in [0, 0.05) is 42.3 Å². The van der Waals surface area contributed by atoms with Crippen molar-refractivity contribution in [1.82, 2.24) is 14.7 Å². The van der Waals surface area contributed by atoms with Gasteiger partial charge < -0.3 is 5.11 Å². The van der Waals surface area contributed by atoms with E-state index in [2.05, 4.69) is 32.1 Å². The number of halogens is 1. The molecule has 1 saturated carbocycles. The Bertz CT molecular complexity index is 651. The Balaban J connectivity index is 1.65. The molecule has 1 aromatic carbocycles. The number of aliphatic hydroxyl groups is 1. The summed E-state index contributed by atoms with van der Waals surface area (Å²) in [6.45, 7) is 1.42. The number of aliphatic hydroxyl groups excluding tert-OH is 1. The summed E-state index contributed by atoms with van der Waals surface area (Å²) in [5.74, 6) is 0.651. The number of rotatable bonds is 6. The molecule has 1 aliphatic carbocycles. The van der Waals surface area contributed by atoms with Crippen molar-refractivity contribution in [3.63, 3.8) is 0 Å². The van der Waals surface area contributed by atoms with Gasteiger partial charge >= 0.3 is 0 Å². The topological polar surface area (TPSA) is 41.3 Å². The molecule has 0 aliphatic heterocycles. The lowest BCUT2D eigenvalue weighted by molar-refractivity contribution is 0.123. The van der Waals surface area contributed by atoms with Crippen molar-refractivity contribution in [2.75, 3.05) is 13.6 Å². The second kappa shape index (κ2) is 6.52. The van der Waals surface area contributed by atoms with Crippen molar-refractivity contribution in [3.8, 4) is 0 Å². The van der Waals surface area contributed by atoms with E-state index in [0.717, 1.165) is 16.6 Å². The molecule has 1 atom stereocenters. The lowest BCUT2D eigenvalue weighted by Gasteiger charge is -2.21. The molecule has 1 N–H and O–H groups in total. The highest BCUT2D eigenvalue weighted by Gasteiger charge is 2.29. The molecule has 0 saturated heterocycles. The second-order valence-electron chi connectivity index (χ2n) is 6.22. The normalized spacial score (nSPS) is 16.2. The molecule has 1 heterocycles. The van der Waals surface area contributed by atoms with Crippen LogP contribution in [-0.4, -0.2) is 33.4 Å². The molecule has 0 bridgehead atoms. The quantitative estimate of drug-likeness (QED) is 0.856. The van der Waals surface area contributed by atoms with Gasteiger partial charge in [-0.15, -0.1) is 0 Å². The Morgan fingerprint density at radius 2 is 2.14 bits per heavy atom. The van der Waals surface area contributed by atoms with Gasteiger partial charge in [-0.05, 0) is 31.5 Å². The zero-order chi connectivity index (χ0) is 15.7. The van der Waals surface area contributed by atoms with Crippen molar-refractivity contribution in [2.24, 2.45) is 7.05 Å². The number of hydrogen-bond acceptors (Lipinski definition) is 3. The molecular weight excluding hydrogens is 342 g/mol. The molecule has 0 amide bonds. The van der Waals surface area contributed by atoms with Crippen molar-refractivity contribution >= 4 is 15.9 Å². The predicted molar refractivity (Wildman–Crippen MR) is 90.6 cm³/mol. The minimum Gasteiger partial charge on any atom is -0.387 e.